The van der Waals surface area contributed by atoms with Crippen LogP contribution in [0.3, 0.4) is 0 Å². The van der Waals surface area contributed by atoms with E-state index in [1.54, 1.807) is 12.1 Å². The van der Waals surface area contributed by atoms with Crippen LogP contribution in [0.5, 0.6) is 0 Å². The van der Waals surface area contributed by atoms with Gasteiger partial charge in [0.1, 0.15) is 5.69 Å². The van der Waals surface area contributed by atoms with E-state index in [-0.39, 0.29) is 4.80 Å². The Kier molecular flexibility index (Phi) is 5.77. The summed E-state index contributed by atoms with van der Waals surface area (Å²) in [5.74, 6) is 2.03. The predicted molar refractivity (Wildman–Crippen MR) is 105 cm³/mol. The Bertz CT molecular complexity index is 932. The van der Waals surface area contributed by atoms with Gasteiger partial charge in [0.05, 0.1) is 5.69 Å². The number of halogens is 4. The lowest BCUT2D eigenvalue weighted by molar-refractivity contribution is -0.143. The van der Waals surface area contributed by atoms with E-state index < -0.39 is 18.8 Å². The number of hydrogen-bond donors (Lipinski definition) is 0. The normalized spacial score (nSPS) is 13.8. The zero-order chi connectivity index (χ0) is 19.0. The van der Waals surface area contributed by atoms with Crippen LogP contribution in [0.4, 0.5) is 18.9 Å². The van der Waals surface area contributed by atoms with Gasteiger partial charge in [0.2, 0.25) is 0 Å². The maximum Gasteiger partial charge on any atom is 0.432 e. The molecule has 1 aromatic carbocycles. The Hall–Kier alpha value is -1.23. The molecule has 2 aromatic rings. The average Bonchev–Trinajstić information content (AvgIpc) is 2.80. The number of nitrogens with zero attached hydrogens (tertiary/aromatic N) is 2. The SMILES string of the molecule is C=P(C)(C)/C=C/c1cc(N=c2scc(C(F)(F)F)n2C)c(C)cc1Cl. The average molecular weight is 407 g/mol. The summed E-state index contributed by atoms with van der Waals surface area (Å²) in [5.41, 5.74) is 1.45. The second kappa shape index (κ2) is 7.18. The molecule has 0 aliphatic heterocycles. The molecule has 0 aliphatic carbocycles. The number of aryl methyl sites for hydroxylation is 1. The van der Waals surface area contributed by atoms with Crippen LogP contribution in [0.15, 0.2) is 28.3 Å². The fraction of sp³-hybridized carbons (Fsp3) is 0.294. The van der Waals surface area contributed by atoms with Crippen LogP contribution in [0.2, 0.25) is 5.02 Å². The summed E-state index contributed by atoms with van der Waals surface area (Å²) in [6.45, 7) is 4.60. The fourth-order valence-electron chi connectivity index (χ4n) is 2.04. The Morgan fingerprint density at radius 1 is 1.32 bits per heavy atom. The van der Waals surface area contributed by atoms with E-state index in [0.717, 1.165) is 32.4 Å². The molecule has 0 radical (unpaired) electrons. The number of aromatic nitrogens is 1. The standard InChI is InChI=1S/C17H19ClF3N2PS/c1-11-8-13(18)12(6-7-24(3,4)5)9-14(11)22-16-23(2)15(10-25-16)17(19,20)21/h6-10H,3H2,1-2,4-5H3/b7-6+,22-16?. The van der Waals surface area contributed by atoms with Crippen LogP contribution in [0, 0.1) is 6.92 Å². The third-order valence-electron chi connectivity index (χ3n) is 3.40. The Balaban J connectivity index is 2.56. The topological polar surface area (TPSA) is 17.3 Å². The lowest BCUT2D eigenvalue weighted by Crippen LogP contribution is -2.18. The molecule has 0 bridgehead atoms. The second-order valence-electron chi connectivity index (χ2n) is 6.33. The Morgan fingerprint density at radius 2 is 1.96 bits per heavy atom. The monoisotopic (exact) mass is 406 g/mol. The quantitative estimate of drug-likeness (QED) is 0.558. The summed E-state index contributed by atoms with van der Waals surface area (Å²) in [5, 5.41) is 1.65. The molecule has 0 aliphatic rings. The molecule has 0 unspecified atom stereocenters. The van der Waals surface area contributed by atoms with Crippen LogP contribution in [0.25, 0.3) is 6.08 Å². The van der Waals surface area contributed by atoms with Crippen molar-refractivity contribution in [3.8, 4) is 0 Å². The highest BCUT2D eigenvalue weighted by molar-refractivity contribution is 7.75. The van der Waals surface area contributed by atoms with Gasteiger partial charge in [0.25, 0.3) is 0 Å². The van der Waals surface area contributed by atoms with Gasteiger partial charge in [-0.2, -0.15) is 13.2 Å². The van der Waals surface area contributed by atoms with E-state index in [9.17, 15) is 13.2 Å². The number of rotatable bonds is 3. The van der Waals surface area contributed by atoms with Crippen molar-refractivity contribution in [2.75, 3.05) is 13.3 Å². The largest absolute Gasteiger partial charge is 0.432 e. The van der Waals surface area contributed by atoms with Crippen LogP contribution in [-0.4, -0.2) is 24.2 Å². The Labute approximate surface area is 154 Å². The lowest BCUT2D eigenvalue weighted by Gasteiger charge is -2.08. The van der Waals surface area contributed by atoms with Crippen LogP contribution in [-0.2, 0) is 13.2 Å². The van der Waals surface area contributed by atoms with Gasteiger partial charge in [-0.15, -0.1) is 11.3 Å². The molecule has 25 heavy (non-hydrogen) atoms. The first-order valence-electron chi connectivity index (χ1n) is 7.32. The minimum Gasteiger partial charge on any atom is -0.316 e. The van der Waals surface area contributed by atoms with Gasteiger partial charge >= 0.3 is 6.18 Å². The van der Waals surface area contributed by atoms with E-state index >= 15 is 0 Å². The smallest absolute Gasteiger partial charge is 0.316 e. The highest BCUT2D eigenvalue weighted by Crippen LogP contribution is 2.39. The molecule has 0 N–H and O–H groups in total. The molecule has 0 atom stereocenters. The van der Waals surface area contributed by atoms with Crippen LogP contribution < -0.4 is 4.80 Å². The maximum absolute atomic E-state index is 12.9. The van der Waals surface area contributed by atoms with Gasteiger partial charge in [0.15, 0.2) is 4.80 Å². The molecule has 0 fully saturated rings. The number of thiazole rings is 1. The van der Waals surface area contributed by atoms with Crippen molar-refractivity contribution in [2.24, 2.45) is 12.0 Å². The van der Waals surface area contributed by atoms with Crippen LogP contribution >= 0.6 is 29.8 Å². The van der Waals surface area contributed by atoms with E-state index in [2.05, 4.69) is 24.6 Å². The number of benzene rings is 1. The number of hydrogen-bond acceptors (Lipinski definition) is 2. The molecule has 0 amide bonds. The fourth-order valence-corrected chi connectivity index (χ4v) is 3.80. The summed E-state index contributed by atoms with van der Waals surface area (Å²) < 4.78 is 39.8. The second-order valence-corrected chi connectivity index (χ2v) is 11.4. The third kappa shape index (κ3) is 5.13. The van der Waals surface area contributed by atoms with E-state index in [4.69, 9.17) is 11.6 Å². The molecular weight excluding hydrogens is 388 g/mol. The van der Waals surface area contributed by atoms with Gasteiger partial charge in [-0.25, -0.2) is 4.99 Å². The van der Waals surface area contributed by atoms with Crippen molar-refractivity contribution in [3.63, 3.8) is 0 Å². The zero-order valence-corrected chi connectivity index (χ0v) is 16.8. The van der Waals surface area contributed by atoms with Crippen molar-refractivity contribution in [1.82, 2.24) is 4.57 Å². The summed E-state index contributed by atoms with van der Waals surface area (Å²) in [6.07, 6.45) is 1.61. The zero-order valence-electron chi connectivity index (χ0n) is 14.4. The minimum atomic E-state index is -4.40. The lowest BCUT2D eigenvalue weighted by atomic mass is 10.1. The molecule has 136 valence electrons. The van der Waals surface area contributed by atoms with Gasteiger partial charge in [-0.05, 0) is 43.5 Å². The van der Waals surface area contributed by atoms with Crippen molar-refractivity contribution < 1.29 is 13.2 Å². The van der Waals surface area contributed by atoms with E-state index in [1.165, 1.54) is 7.05 Å². The van der Waals surface area contributed by atoms with Gasteiger partial charge in [-0.3, -0.25) is 0 Å². The van der Waals surface area contributed by atoms with Gasteiger partial charge in [0, 0.05) is 17.5 Å². The molecule has 8 heteroatoms. The van der Waals surface area contributed by atoms with Crippen molar-refractivity contribution in [3.05, 3.63) is 50.0 Å². The molecule has 0 spiro atoms. The van der Waals surface area contributed by atoms with E-state index in [0.29, 0.717) is 10.7 Å². The molecule has 0 saturated carbocycles. The van der Waals surface area contributed by atoms with E-state index in [1.807, 2.05) is 18.8 Å². The van der Waals surface area contributed by atoms with Crippen LogP contribution in [0.1, 0.15) is 16.8 Å². The summed E-state index contributed by atoms with van der Waals surface area (Å²) in [7, 11) is 1.36. The first-order chi connectivity index (χ1) is 11.4. The van der Waals surface area contributed by atoms with Crippen molar-refractivity contribution in [1.29, 1.82) is 0 Å². The number of alkyl halides is 3. The molecule has 1 heterocycles. The van der Waals surface area contributed by atoms with Gasteiger partial charge < -0.3 is 4.57 Å². The maximum atomic E-state index is 12.9. The highest BCUT2D eigenvalue weighted by atomic mass is 35.5. The summed E-state index contributed by atoms with van der Waals surface area (Å²) >= 11 is 7.23. The summed E-state index contributed by atoms with van der Waals surface area (Å²) in [6, 6.07) is 3.56. The molecular formula is C17H19ClF3N2PS. The molecule has 0 saturated heterocycles. The molecule has 1 aromatic heterocycles. The molecule has 2 nitrogen and oxygen atoms in total. The van der Waals surface area contributed by atoms with Gasteiger partial charge in [-0.1, -0.05) is 36.7 Å². The minimum absolute atomic E-state index is 0.276. The van der Waals surface area contributed by atoms with Crippen molar-refractivity contribution in [2.45, 2.75) is 13.1 Å². The highest BCUT2D eigenvalue weighted by Gasteiger charge is 2.34. The molecule has 2 rings (SSSR count). The first kappa shape index (κ1) is 20.1. The van der Waals surface area contributed by atoms with Crippen molar-refractivity contribution >= 4 is 47.9 Å². The Morgan fingerprint density at radius 3 is 2.48 bits per heavy atom. The predicted octanol–water partition coefficient (Wildman–Crippen LogP) is 5.98. The first-order valence-corrected chi connectivity index (χ1v) is 11.5. The third-order valence-corrected chi connectivity index (χ3v) is 5.60. The summed E-state index contributed by atoms with van der Waals surface area (Å²) in [4.78, 5) is 4.68.